The summed E-state index contributed by atoms with van der Waals surface area (Å²) in [5, 5.41) is 14.6. The largest absolute Gasteiger partial charge is 0.317 e. The van der Waals surface area contributed by atoms with Crippen LogP contribution in [0.5, 0.6) is 0 Å². The molecule has 3 heterocycles. The number of anilines is 1. The van der Waals surface area contributed by atoms with Crippen LogP contribution in [0.3, 0.4) is 0 Å². The molecule has 9 nitrogen and oxygen atoms in total. The number of hydrogen-bond acceptors (Lipinski definition) is 6. The highest BCUT2D eigenvalue weighted by molar-refractivity contribution is 6.06. The van der Waals surface area contributed by atoms with Gasteiger partial charge in [0.05, 0.1) is 11.2 Å². The van der Waals surface area contributed by atoms with Gasteiger partial charge in [0, 0.05) is 11.6 Å². The van der Waals surface area contributed by atoms with E-state index in [-0.39, 0.29) is 11.2 Å². The minimum atomic E-state index is -0.417. The standard InChI is InChI=1S/C19H20N8O/c1-11-23-16(26-27(11)18-21-10-22-25-18)17(28)24-14-9-13(19(2,3)4)8-12-6-5-7-20-15(12)14/h5-10H,1-4H3,(H,24,28)(H,21,22,25). The van der Waals surface area contributed by atoms with E-state index in [0.717, 1.165) is 16.5 Å². The van der Waals surface area contributed by atoms with Gasteiger partial charge in [0.1, 0.15) is 12.2 Å². The number of fused-ring (bicyclic) bond motifs is 1. The summed E-state index contributed by atoms with van der Waals surface area (Å²) in [4.78, 5) is 25.5. The van der Waals surface area contributed by atoms with Gasteiger partial charge in [-0.2, -0.15) is 14.8 Å². The zero-order valence-electron chi connectivity index (χ0n) is 16.1. The molecule has 0 aliphatic heterocycles. The Labute approximate surface area is 161 Å². The average Bonchev–Trinajstić information content (AvgIpc) is 3.30. The minimum absolute atomic E-state index is 0.0409. The smallest absolute Gasteiger partial charge is 0.295 e. The molecule has 28 heavy (non-hydrogen) atoms. The summed E-state index contributed by atoms with van der Waals surface area (Å²) >= 11 is 0. The molecule has 9 heteroatoms. The van der Waals surface area contributed by atoms with Gasteiger partial charge in [-0.15, -0.1) is 5.10 Å². The number of aryl methyl sites for hydroxylation is 1. The fourth-order valence-electron chi connectivity index (χ4n) is 2.89. The third-order valence-electron chi connectivity index (χ3n) is 4.39. The quantitative estimate of drug-likeness (QED) is 0.568. The molecule has 4 aromatic rings. The Kier molecular flexibility index (Phi) is 4.14. The van der Waals surface area contributed by atoms with Crippen molar-refractivity contribution < 1.29 is 4.79 Å². The number of carbonyl (C=O) groups excluding carboxylic acids is 1. The number of carbonyl (C=O) groups is 1. The zero-order valence-corrected chi connectivity index (χ0v) is 16.1. The lowest BCUT2D eigenvalue weighted by molar-refractivity contribution is 0.101. The van der Waals surface area contributed by atoms with Crippen LogP contribution in [0.4, 0.5) is 5.69 Å². The number of nitrogens with zero attached hydrogens (tertiary/aromatic N) is 6. The van der Waals surface area contributed by atoms with Crippen LogP contribution in [0.25, 0.3) is 16.9 Å². The third kappa shape index (κ3) is 3.22. The number of hydrogen-bond donors (Lipinski definition) is 2. The lowest BCUT2D eigenvalue weighted by atomic mass is 9.86. The molecular weight excluding hydrogens is 356 g/mol. The monoisotopic (exact) mass is 376 g/mol. The van der Waals surface area contributed by atoms with Crippen LogP contribution < -0.4 is 5.32 Å². The van der Waals surface area contributed by atoms with Crippen molar-refractivity contribution in [2.45, 2.75) is 33.1 Å². The average molecular weight is 376 g/mol. The summed E-state index contributed by atoms with van der Waals surface area (Å²) in [5.41, 5.74) is 2.36. The van der Waals surface area contributed by atoms with Crippen molar-refractivity contribution in [3.63, 3.8) is 0 Å². The molecule has 2 N–H and O–H groups in total. The number of aromatic nitrogens is 7. The Morgan fingerprint density at radius 3 is 2.75 bits per heavy atom. The van der Waals surface area contributed by atoms with Crippen molar-refractivity contribution >= 4 is 22.5 Å². The second-order valence-electron chi connectivity index (χ2n) is 7.51. The Morgan fingerprint density at radius 1 is 1.21 bits per heavy atom. The predicted molar refractivity (Wildman–Crippen MR) is 104 cm³/mol. The molecule has 0 aliphatic carbocycles. The van der Waals surface area contributed by atoms with Gasteiger partial charge >= 0.3 is 0 Å². The summed E-state index contributed by atoms with van der Waals surface area (Å²) in [6.45, 7) is 8.11. The molecule has 3 aromatic heterocycles. The number of H-pyrrole nitrogens is 1. The van der Waals surface area contributed by atoms with Gasteiger partial charge in [-0.3, -0.25) is 9.78 Å². The highest BCUT2D eigenvalue weighted by Crippen LogP contribution is 2.31. The highest BCUT2D eigenvalue weighted by Gasteiger charge is 2.20. The molecule has 1 amide bonds. The maximum absolute atomic E-state index is 12.8. The van der Waals surface area contributed by atoms with E-state index in [9.17, 15) is 4.79 Å². The molecule has 1 aromatic carbocycles. The number of benzene rings is 1. The summed E-state index contributed by atoms with van der Waals surface area (Å²) in [7, 11) is 0. The second-order valence-corrected chi connectivity index (χ2v) is 7.51. The van der Waals surface area contributed by atoms with E-state index < -0.39 is 5.91 Å². The Morgan fingerprint density at radius 2 is 2.04 bits per heavy atom. The van der Waals surface area contributed by atoms with Crippen LogP contribution in [0, 0.1) is 6.92 Å². The molecule has 0 saturated carbocycles. The normalized spacial score (nSPS) is 11.7. The molecule has 0 fully saturated rings. The van der Waals surface area contributed by atoms with Gasteiger partial charge in [-0.25, -0.2) is 10.1 Å². The van der Waals surface area contributed by atoms with E-state index in [4.69, 9.17) is 0 Å². The first kappa shape index (κ1) is 17.8. The van der Waals surface area contributed by atoms with Gasteiger partial charge in [0.25, 0.3) is 5.91 Å². The van der Waals surface area contributed by atoms with Crippen LogP contribution in [-0.2, 0) is 5.41 Å². The van der Waals surface area contributed by atoms with Crippen molar-refractivity contribution in [3.8, 4) is 5.95 Å². The van der Waals surface area contributed by atoms with Gasteiger partial charge in [0.2, 0.25) is 11.8 Å². The molecule has 0 atom stereocenters. The van der Waals surface area contributed by atoms with Crippen LogP contribution in [0.2, 0.25) is 0 Å². The summed E-state index contributed by atoms with van der Waals surface area (Å²) < 4.78 is 1.43. The fraction of sp³-hybridized carbons (Fsp3) is 0.263. The van der Waals surface area contributed by atoms with Gasteiger partial charge in [-0.05, 0) is 36.1 Å². The van der Waals surface area contributed by atoms with Crippen LogP contribution >= 0.6 is 0 Å². The van der Waals surface area contributed by atoms with E-state index in [1.165, 1.54) is 11.0 Å². The molecule has 0 radical (unpaired) electrons. The van der Waals surface area contributed by atoms with Crippen molar-refractivity contribution in [1.29, 1.82) is 0 Å². The summed E-state index contributed by atoms with van der Waals surface area (Å²) in [6, 6.07) is 7.91. The number of pyridine rings is 1. The lowest BCUT2D eigenvalue weighted by Crippen LogP contribution is -2.17. The van der Waals surface area contributed by atoms with E-state index in [0.29, 0.717) is 17.5 Å². The van der Waals surface area contributed by atoms with E-state index in [1.54, 1.807) is 13.1 Å². The molecule has 0 unspecified atom stereocenters. The van der Waals surface area contributed by atoms with Crippen molar-refractivity contribution in [1.82, 2.24) is 34.9 Å². The minimum Gasteiger partial charge on any atom is -0.317 e. The molecule has 0 aliphatic rings. The molecule has 0 spiro atoms. The van der Waals surface area contributed by atoms with Crippen molar-refractivity contribution in [2.24, 2.45) is 0 Å². The molecule has 142 valence electrons. The van der Waals surface area contributed by atoms with E-state index in [1.807, 2.05) is 18.2 Å². The molecule has 0 saturated heterocycles. The van der Waals surface area contributed by atoms with Crippen molar-refractivity contribution in [2.75, 3.05) is 5.32 Å². The molecule has 0 bridgehead atoms. The predicted octanol–water partition coefficient (Wildman–Crippen LogP) is 2.79. The van der Waals surface area contributed by atoms with Gasteiger partial charge in [-0.1, -0.05) is 26.8 Å². The first-order valence-electron chi connectivity index (χ1n) is 8.83. The number of amides is 1. The van der Waals surface area contributed by atoms with Crippen molar-refractivity contribution in [3.05, 3.63) is 54.0 Å². The number of nitrogens with one attached hydrogen (secondary N) is 2. The van der Waals surface area contributed by atoms with E-state index >= 15 is 0 Å². The summed E-state index contributed by atoms with van der Waals surface area (Å²) in [5.74, 6) is 0.540. The molecule has 4 rings (SSSR count). The van der Waals surface area contributed by atoms with E-state index in [2.05, 4.69) is 62.4 Å². The Balaban J connectivity index is 1.72. The zero-order chi connectivity index (χ0) is 19.9. The third-order valence-corrected chi connectivity index (χ3v) is 4.39. The fourth-order valence-corrected chi connectivity index (χ4v) is 2.89. The van der Waals surface area contributed by atoms with Crippen LogP contribution in [0.15, 0.2) is 36.8 Å². The van der Waals surface area contributed by atoms with Crippen LogP contribution in [-0.4, -0.2) is 40.8 Å². The lowest BCUT2D eigenvalue weighted by Gasteiger charge is -2.21. The first-order valence-corrected chi connectivity index (χ1v) is 8.83. The number of aromatic amines is 1. The maximum atomic E-state index is 12.8. The van der Waals surface area contributed by atoms with Gasteiger partial charge in [0.15, 0.2) is 0 Å². The SMILES string of the molecule is Cc1nc(C(=O)Nc2cc(C(C)(C)C)cc3cccnc23)nn1-c1ncn[nH]1. The first-order chi connectivity index (χ1) is 13.3. The highest BCUT2D eigenvalue weighted by atomic mass is 16.2. The van der Waals surface area contributed by atoms with Crippen LogP contribution in [0.1, 0.15) is 42.8 Å². The summed E-state index contributed by atoms with van der Waals surface area (Å²) in [6.07, 6.45) is 3.07. The Hall–Kier alpha value is -3.62. The Bertz CT molecular complexity index is 1150. The van der Waals surface area contributed by atoms with Gasteiger partial charge < -0.3 is 5.32 Å². The number of rotatable bonds is 3. The molecular formula is C19H20N8O. The maximum Gasteiger partial charge on any atom is 0.295 e. The topological polar surface area (TPSA) is 114 Å². The second kappa shape index (κ2) is 6.52.